The molecule has 0 aliphatic rings. The average Bonchev–Trinajstić information content (AvgIpc) is 2.53. The van der Waals surface area contributed by atoms with Crippen molar-refractivity contribution in [1.29, 1.82) is 0 Å². The molecular formula is C15H15FN2O2S. The first-order chi connectivity index (χ1) is 10.1. The second-order valence-electron chi connectivity index (χ2n) is 4.37. The Hall–Kier alpha value is -1.89. The molecule has 2 aromatic carbocycles. The minimum absolute atomic E-state index is 0.00415. The van der Waals surface area contributed by atoms with Crippen molar-refractivity contribution in [2.24, 2.45) is 5.84 Å². The molecule has 21 heavy (non-hydrogen) atoms. The van der Waals surface area contributed by atoms with E-state index in [-0.39, 0.29) is 12.4 Å². The highest BCUT2D eigenvalue weighted by Crippen LogP contribution is 2.25. The van der Waals surface area contributed by atoms with Gasteiger partial charge in [-0.25, -0.2) is 10.2 Å². The molecule has 4 nitrogen and oxygen atoms in total. The Morgan fingerprint density at radius 2 is 1.95 bits per heavy atom. The lowest BCUT2D eigenvalue weighted by Crippen LogP contribution is -2.30. The van der Waals surface area contributed by atoms with Crippen molar-refractivity contribution in [1.82, 2.24) is 5.43 Å². The number of carbonyl (C=O) groups is 1. The zero-order valence-electron chi connectivity index (χ0n) is 11.2. The summed E-state index contributed by atoms with van der Waals surface area (Å²) in [6.07, 6.45) is 0. The van der Waals surface area contributed by atoms with Crippen LogP contribution >= 0.6 is 11.8 Å². The number of hydrogen-bond acceptors (Lipinski definition) is 4. The van der Waals surface area contributed by atoms with E-state index in [9.17, 15) is 9.18 Å². The fraction of sp³-hybridized carbons (Fsp3) is 0.133. The Morgan fingerprint density at radius 1 is 1.24 bits per heavy atom. The lowest BCUT2D eigenvalue weighted by molar-refractivity contribution is 0.0953. The van der Waals surface area contributed by atoms with Gasteiger partial charge in [0.2, 0.25) is 0 Å². The van der Waals surface area contributed by atoms with Crippen LogP contribution in [0.25, 0.3) is 0 Å². The molecule has 4 N–H and O–H groups in total. The highest BCUT2D eigenvalue weighted by Gasteiger charge is 2.09. The topological polar surface area (TPSA) is 75.3 Å². The van der Waals surface area contributed by atoms with Gasteiger partial charge in [-0.15, -0.1) is 11.8 Å². The van der Waals surface area contributed by atoms with Crippen LogP contribution in [0, 0.1) is 5.82 Å². The highest BCUT2D eigenvalue weighted by atomic mass is 32.2. The molecule has 2 rings (SSSR count). The van der Waals surface area contributed by atoms with Crippen molar-refractivity contribution in [2.75, 3.05) is 0 Å². The fourth-order valence-corrected chi connectivity index (χ4v) is 2.63. The number of benzene rings is 2. The normalized spacial score (nSPS) is 10.4. The minimum Gasteiger partial charge on any atom is -0.392 e. The Labute approximate surface area is 126 Å². The zero-order chi connectivity index (χ0) is 15.2. The molecular weight excluding hydrogens is 291 g/mol. The third kappa shape index (κ3) is 4.04. The van der Waals surface area contributed by atoms with E-state index in [1.54, 1.807) is 0 Å². The van der Waals surface area contributed by atoms with Gasteiger partial charge in [0.15, 0.2) is 0 Å². The van der Waals surface area contributed by atoms with Gasteiger partial charge in [0.25, 0.3) is 5.91 Å². The second-order valence-corrected chi connectivity index (χ2v) is 5.42. The van der Waals surface area contributed by atoms with E-state index in [1.807, 2.05) is 29.7 Å². The summed E-state index contributed by atoms with van der Waals surface area (Å²) < 4.78 is 13.7. The van der Waals surface area contributed by atoms with E-state index in [0.29, 0.717) is 16.9 Å². The Kier molecular flexibility index (Phi) is 5.32. The molecule has 0 spiro atoms. The Balaban J connectivity index is 2.09. The van der Waals surface area contributed by atoms with Gasteiger partial charge < -0.3 is 5.11 Å². The highest BCUT2D eigenvalue weighted by molar-refractivity contribution is 7.98. The Morgan fingerprint density at radius 3 is 2.57 bits per heavy atom. The summed E-state index contributed by atoms with van der Waals surface area (Å²) in [7, 11) is 0. The van der Waals surface area contributed by atoms with Crippen LogP contribution in [0.5, 0.6) is 0 Å². The first-order valence-corrected chi connectivity index (χ1v) is 7.24. The number of hydrazine groups is 1. The van der Waals surface area contributed by atoms with Crippen molar-refractivity contribution < 1.29 is 14.3 Å². The number of nitrogens with two attached hydrogens (primary N) is 1. The number of nitrogen functional groups attached to an aromatic ring is 1. The molecule has 0 saturated heterocycles. The number of thioether (sulfide) groups is 1. The maximum Gasteiger partial charge on any atom is 0.265 e. The van der Waals surface area contributed by atoms with Crippen LogP contribution in [-0.4, -0.2) is 11.0 Å². The number of carbonyl (C=O) groups excluding carboxylic acids is 1. The molecule has 0 fully saturated rings. The number of nitrogens with one attached hydrogen (secondary N) is 1. The van der Waals surface area contributed by atoms with Crippen LogP contribution in [0.2, 0.25) is 0 Å². The van der Waals surface area contributed by atoms with Gasteiger partial charge in [-0.05, 0) is 41.5 Å². The van der Waals surface area contributed by atoms with Gasteiger partial charge >= 0.3 is 0 Å². The summed E-state index contributed by atoms with van der Waals surface area (Å²) >= 11 is 1.45. The van der Waals surface area contributed by atoms with Gasteiger partial charge in [0.05, 0.1) is 6.61 Å². The van der Waals surface area contributed by atoms with Crippen molar-refractivity contribution >= 4 is 17.7 Å². The molecule has 0 aliphatic heterocycles. The van der Waals surface area contributed by atoms with Crippen molar-refractivity contribution in [3.63, 3.8) is 0 Å². The van der Waals surface area contributed by atoms with E-state index < -0.39 is 5.91 Å². The average molecular weight is 306 g/mol. The minimum atomic E-state index is -0.450. The molecule has 0 unspecified atom stereocenters. The van der Waals surface area contributed by atoms with Gasteiger partial charge in [-0.1, -0.05) is 12.1 Å². The standard InChI is InChI=1S/C15H15FN2O2S/c16-14-6-3-11(15(20)18-17)7-12(14)9-21-13-4-1-10(8-19)2-5-13/h1-7,19H,8-9,17H2,(H,18,20). The van der Waals surface area contributed by atoms with Crippen LogP contribution in [0.1, 0.15) is 21.5 Å². The van der Waals surface area contributed by atoms with Gasteiger partial charge in [0.1, 0.15) is 5.82 Å². The summed E-state index contributed by atoms with van der Waals surface area (Å²) in [5.74, 6) is 4.66. The molecule has 0 radical (unpaired) electrons. The van der Waals surface area contributed by atoms with Crippen LogP contribution < -0.4 is 11.3 Å². The van der Waals surface area contributed by atoms with Crippen molar-refractivity contribution in [2.45, 2.75) is 17.3 Å². The molecule has 1 amide bonds. The molecule has 0 heterocycles. The van der Waals surface area contributed by atoms with Crippen LogP contribution in [0.4, 0.5) is 4.39 Å². The largest absolute Gasteiger partial charge is 0.392 e. The predicted molar refractivity (Wildman–Crippen MR) is 80.0 cm³/mol. The maximum absolute atomic E-state index is 13.7. The number of amides is 1. The molecule has 6 heteroatoms. The van der Waals surface area contributed by atoms with E-state index in [1.165, 1.54) is 30.0 Å². The SMILES string of the molecule is NNC(=O)c1ccc(F)c(CSc2ccc(CO)cc2)c1. The fourth-order valence-electron chi connectivity index (χ4n) is 1.76. The molecule has 0 atom stereocenters. The smallest absolute Gasteiger partial charge is 0.265 e. The van der Waals surface area contributed by atoms with E-state index in [2.05, 4.69) is 0 Å². The zero-order valence-corrected chi connectivity index (χ0v) is 12.0. The number of aliphatic hydroxyl groups is 1. The van der Waals surface area contributed by atoms with Crippen molar-refractivity contribution in [3.05, 3.63) is 65.0 Å². The number of aliphatic hydroxyl groups excluding tert-OH is 1. The number of rotatable bonds is 5. The van der Waals surface area contributed by atoms with Crippen LogP contribution in [0.15, 0.2) is 47.4 Å². The van der Waals surface area contributed by atoms with E-state index in [0.717, 1.165) is 10.5 Å². The summed E-state index contributed by atoms with van der Waals surface area (Å²) in [6, 6.07) is 11.5. The first-order valence-electron chi connectivity index (χ1n) is 6.26. The maximum atomic E-state index is 13.7. The van der Waals surface area contributed by atoms with Crippen molar-refractivity contribution in [3.8, 4) is 0 Å². The number of halogens is 1. The second kappa shape index (κ2) is 7.21. The van der Waals surface area contributed by atoms with E-state index in [4.69, 9.17) is 10.9 Å². The van der Waals surface area contributed by atoms with Gasteiger partial charge in [0, 0.05) is 16.2 Å². The number of hydrogen-bond donors (Lipinski definition) is 3. The quantitative estimate of drug-likeness (QED) is 0.343. The lowest BCUT2D eigenvalue weighted by atomic mass is 10.1. The molecule has 110 valence electrons. The molecule has 0 bridgehead atoms. The van der Waals surface area contributed by atoms with E-state index >= 15 is 0 Å². The Bertz CT molecular complexity index is 632. The monoisotopic (exact) mass is 306 g/mol. The summed E-state index contributed by atoms with van der Waals surface area (Å²) in [4.78, 5) is 12.4. The lowest BCUT2D eigenvalue weighted by Gasteiger charge is -2.07. The molecule has 0 aliphatic carbocycles. The molecule has 0 saturated carbocycles. The first kappa shape index (κ1) is 15.5. The third-order valence-corrected chi connectivity index (χ3v) is 4.00. The predicted octanol–water partition coefficient (Wildman–Crippen LogP) is 2.21. The summed E-state index contributed by atoms with van der Waals surface area (Å²) in [6.45, 7) is -0.00415. The molecule has 2 aromatic rings. The van der Waals surface area contributed by atoms with Crippen LogP contribution in [0.3, 0.4) is 0 Å². The summed E-state index contributed by atoms with van der Waals surface area (Å²) in [5.41, 5.74) is 3.61. The van der Waals surface area contributed by atoms with Gasteiger partial charge in [-0.2, -0.15) is 0 Å². The van der Waals surface area contributed by atoms with Gasteiger partial charge in [-0.3, -0.25) is 10.2 Å². The summed E-state index contributed by atoms with van der Waals surface area (Å²) in [5, 5.41) is 8.97. The third-order valence-electron chi connectivity index (χ3n) is 2.94. The molecule has 0 aromatic heterocycles. The van der Waals surface area contributed by atoms with Crippen LogP contribution in [-0.2, 0) is 12.4 Å².